The minimum atomic E-state index is -0.982. The van der Waals surface area contributed by atoms with Gasteiger partial charge in [0, 0.05) is 41.8 Å². The molecule has 2 heterocycles. The number of rotatable bonds is 4. The van der Waals surface area contributed by atoms with Gasteiger partial charge in [0.25, 0.3) is 0 Å². The summed E-state index contributed by atoms with van der Waals surface area (Å²) in [6.07, 6.45) is 0. The van der Waals surface area contributed by atoms with E-state index in [2.05, 4.69) is 14.8 Å². The maximum Gasteiger partial charge on any atom is 0.191 e. The number of nitrogens with two attached hydrogens (primary N) is 1. The van der Waals surface area contributed by atoms with Crippen molar-refractivity contribution in [2.45, 2.75) is 12.5 Å². The lowest BCUT2D eigenvalue weighted by Crippen LogP contribution is -2.51. The van der Waals surface area contributed by atoms with Crippen molar-refractivity contribution < 1.29 is 5.11 Å². The number of hydrogen-bond donors (Lipinski definition) is 2. The lowest BCUT2D eigenvalue weighted by atomic mass is 10.1. The molecule has 1 aromatic heterocycles. The van der Waals surface area contributed by atoms with E-state index in [0.717, 1.165) is 36.1 Å². The van der Waals surface area contributed by atoms with Crippen molar-refractivity contribution in [2.24, 2.45) is 10.7 Å². The van der Waals surface area contributed by atoms with Crippen molar-refractivity contribution in [2.75, 3.05) is 37.6 Å². The van der Waals surface area contributed by atoms with Crippen LogP contribution in [0.5, 0.6) is 0 Å². The maximum atomic E-state index is 10.5. The quantitative estimate of drug-likeness (QED) is 0.379. The smallest absolute Gasteiger partial charge is 0.191 e. The summed E-state index contributed by atoms with van der Waals surface area (Å²) in [5.41, 5.74) is 6.33. The van der Waals surface area contributed by atoms with Crippen molar-refractivity contribution in [3.63, 3.8) is 0 Å². The summed E-state index contributed by atoms with van der Waals surface area (Å²) in [7, 11) is 0. The summed E-state index contributed by atoms with van der Waals surface area (Å²) in [4.78, 5) is 9.70. The molecule has 1 fully saturated rings. The second-order valence-corrected chi connectivity index (χ2v) is 7.76. The SMILES string of the molecule is CC(O)(CN=C(N)N1CCN(c2ccc(Cl)cc2)CC1)c1cccs1.I. The molecular formula is C18H24ClIN4OS. The molecule has 1 aliphatic heterocycles. The number of aliphatic hydroxyl groups is 1. The Balaban J connectivity index is 0.00000243. The van der Waals surface area contributed by atoms with Crippen LogP contribution in [0.3, 0.4) is 0 Å². The average Bonchev–Trinajstić information content (AvgIpc) is 3.16. The Morgan fingerprint density at radius 3 is 2.46 bits per heavy atom. The minimum Gasteiger partial charge on any atom is -0.383 e. The van der Waals surface area contributed by atoms with Gasteiger partial charge >= 0.3 is 0 Å². The van der Waals surface area contributed by atoms with Crippen LogP contribution in [0.2, 0.25) is 5.02 Å². The summed E-state index contributed by atoms with van der Waals surface area (Å²) in [6, 6.07) is 11.7. The van der Waals surface area contributed by atoms with Crippen LogP contribution < -0.4 is 10.6 Å². The predicted octanol–water partition coefficient (Wildman–Crippen LogP) is 3.36. The zero-order valence-electron chi connectivity index (χ0n) is 14.6. The number of aliphatic imine (C=N–C) groups is 1. The second kappa shape index (κ2) is 9.25. The summed E-state index contributed by atoms with van der Waals surface area (Å²) in [6.45, 7) is 5.39. The molecule has 0 amide bonds. The molecule has 0 radical (unpaired) electrons. The first kappa shape index (κ1) is 21.3. The molecule has 1 atom stereocenters. The van der Waals surface area contributed by atoms with Crippen molar-refractivity contribution >= 4 is 58.6 Å². The van der Waals surface area contributed by atoms with Crippen LogP contribution in [0.25, 0.3) is 0 Å². The van der Waals surface area contributed by atoms with Gasteiger partial charge in [-0.25, -0.2) is 4.99 Å². The van der Waals surface area contributed by atoms with Gasteiger partial charge in [-0.1, -0.05) is 17.7 Å². The van der Waals surface area contributed by atoms with Crippen molar-refractivity contribution in [1.29, 1.82) is 0 Å². The molecule has 0 bridgehead atoms. The zero-order valence-corrected chi connectivity index (χ0v) is 18.5. The standard InChI is InChI=1S/C18H23ClN4OS.HI/c1-18(24,16-3-2-12-25-16)13-21-17(20)23-10-8-22(9-11-23)15-6-4-14(19)5-7-15;/h2-7,12,24H,8-11,13H2,1H3,(H2,20,21);1H. The molecule has 1 saturated heterocycles. The first-order chi connectivity index (χ1) is 12.0. The molecule has 3 N–H and O–H groups in total. The third kappa shape index (κ3) is 5.25. The van der Waals surface area contributed by atoms with Crippen LogP contribution in [0, 0.1) is 0 Å². The third-order valence-electron chi connectivity index (χ3n) is 4.40. The van der Waals surface area contributed by atoms with Crippen molar-refractivity contribution in [1.82, 2.24) is 4.90 Å². The lowest BCUT2D eigenvalue weighted by Gasteiger charge is -2.36. The number of guanidine groups is 1. The van der Waals surface area contributed by atoms with Crippen molar-refractivity contribution in [3.8, 4) is 0 Å². The first-order valence-corrected chi connectivity index (χ1v) is 9.53. The fraction of sp³-hybridized carbons (Fsp3) is 0.389. The summed E-state index contributed by atoms with van der Waals surface area (Å²) in [5, 5.41) is 13.2. The van der Waals surface area contributed by atoms with Crippen LogP contribution in [0.1, 0.15) is 11.8 Å². The zero-order chi connectivity index (χ0) is 17.9. The van der Waals surface area contributed by atoms with Gasteiger partial charge in [0.2, 0.25) is 0 Å². The van der Waals surface area contributed by atoms with E-state index in [0.29, 0.717) is 5.96 Å². The highest BCUT2D eigenvalue weighted by atomic mass is 127. The van der Waals surface area contributed by atoms with E-state index < -0.39 is 5.60 Å². The number of anilines is 1. The normalized spacial score (nSPS) is 17.6. The number of halogens is 2. The van der Waals surface area contributed by atoms with E-state index >= 15 is 0 Å². The highest BCUT2D eigenvalue weighted by Gasteiger charge is 2.25. The number of nitrogens with zero attached hydrogens (tertiary/aromatic N) is 3. The van der Waals surface area contributed by atoms with Crippen LogP contribution >= 0.6 is 46.9 Å². The monoisotopic (exact) mass is 506 g/mol. The lowest BCUT2D eigenvalue weighted by molar-refractivity contribution is 0.0709. The van der Waals surface area contributed by atoms with Gasteiger partial charge < -0.3 is 20.6 Å². The number of thiophene rings is 1. The van der Waals surface area contributed by atoms with Crippen molar-refractivity contribution in [3.05, 3.63) is 51.7 Å². The Hall–Kier alpha value is -1.03. The molecule has 5 nitrogen and oxygen atoms in total. The largest absolute Gasteiger partial charge is 0.383 e. The van der Waals surface area contributed by atoms with Gasteiger partial charge in [-0.15, -0.1) is 35.3 Å². The van der Waals surface area contributed by atoms with Gasteiger partial charge in [0.15, 0.2) is 5.96 Å². The van der Waals surface area contributed by atoms with Gasteiger partial charge in [-0.2, -0.15) is 0 Å². The fourth-order valence-electron chi connectivity index (χ4n) is 2.84. The van der Waals surface area contributed by atoms with Crippen LogP contribution in [-0.4, -0.2) is 48.7 Å². The van der Waals surface area contributed by atoms with E-state index in [1.807, 2.05) is 41.8 Å². The third-order valence-corrected chi connectivity index (χ3v) is 5.77. The van der Waals surface area contributed by atoms with Gasteiger partial charge in [0.05, 0.1) is 6.54 Å². The summed E-state index contributed by atoms with van der Waals surface area (Å²) >= 11 is 7.47. The molecule has 2 aromatic rings. The van der Waals surface area contributed by atoms with E-state index in [4.69, 9.17) is 17.3 Å². The van der Waals surface area contributed by atoms with Gasteiger partial charge in [-0.05, 0) is 42.6 Å². The van der Waals surface area contributed by atoms with Crippen LogP contribution in [0.4, 0.5) is 5.69 Å². The number of hydrogen-bond acceptors (Lipinski definition) is 4. The Bertz CT molecular complexity index is 713. The molecule has 3 rings (SSSR count). The van der Waals surface area contributed by atoms with E-state index in [9.17, 15) is 5.11 Å². The summed E-state index contributed by atoms with van der Waals surface area (Å²) in [5.74, 6) is 0.493. The fourth-order valence-corrected chi connectivity index (χ4v) is 3.75. The van der Waals surface area contributed by atoms with Gasteiger partial charge in [-0.3, -0.25) is 0 Å². The predicted molar refractivity (Wildman–Crippen MR) is 121 cm³/mol. The molecule has 8 heteroatoms. The highest BCUT2D eigenvalue weighted by Crippen LogP contribution is 2.25. The molecule has 0 aliphatic carbocycles. The molecular weight excluding hydrogens is 483 g/mol. The van der Waals surface area contributed by atoms with E-state index in [1.54, 1.807) is 6.92 Å². The molecule has 1 aliphatic rings. The molecule has 1 aromatic carbocycles. The van der Waals surface area contributed by atoms with Gasteiger partial charge in [0.1, 0.15) is 5.60 Å². The van der Waals surface area contributed by atoms with Crippen LogP contribution in [-0.2, 0) is 5.60 Å². The maximum absolute atomic E-state index is 10.5. The highest BCUT2D eigenvalue weighted by molar-refractivity contribution is 14.0. The first-order valence-electron chi connectivity index (χ1n) is 8.27. The summed E-state index contributed by atoms with van der Waals surface area (Å²) < 4.78 is 0. The molecule has 26 heavy (non-hydrogen) atoms. The molecule has 1 unspecified atom stereocenters. The average molecular weight is 507 g/mol. The number of piperazine rings is 1. The molecule has 0 saturated carbocycles. The van der Waals surface area contributed by atoms with E-state index in [-0.39, 0.29) is 30.5 Å². The Labute approximate surface area is 180 Å². The van der Waals surface area contributed by atoms with E-state index in [1.165, 1.54) is 17.0 Å². The molecule has 0 spiro atoms. The minimum absolute atomic E-state index is 0. The Morgan fingerprint density at radius 1 is 1.23 bits per heavy atom. The second-order valence-electron chi connectivity index (χ2n) is 6.38. The Morgan fingerprint density at radius 2 is 1.88 bits per heavy atom. The molecule has 142 valence electrons. The number of benzene rings is 1. The Kier molecular flexibility index (Phi) is 7.57. The topological polar surface area (TPSA) is 65.1 Å². The van der Waals surface area contributed by atoms with Crippen LogP contribution in [0.15, 0.2) is 46.8 Å².